The molecular weight excluding hydrogens is 244 g/mol. The maximum Gasteiger partial charge on any atom is 0.325 e. The van der Waals surface area contributed by atoms with Crippen LogP contribution in [0, 0.1) is 0 Å². The zero-order valence-electron chi connectivity index (χ0n) is 9.37. The summed E-state index contributed by atoms with van der Waals surface area (Å²) in [5.74, 6) is 0. The van der Waals surface area contributed by atoms with Crippen LogP contribution in [0.2, 0.25) is 0 Å². The summed E-state index contributed by atoms with van der Waals surface area (Å²) in [7, 11) is 0. The van der Waals surface area contributed by atoms with Crippen molar-refractivity contribution in [2.75, 3.05) is 6.61 Å². The fraction of sp³-hybridized carbons (Fsp3) is 0.600. The van der Waals surface area contributed by atoms with Gasteiger partial charge < -0.3 is 25.0 Å². The Kier molecular flexibility index (Phi) is 3.62. The lowest BCUT2D eigenvalue weighted by atomic mass is 10.0. The number of aliphatic hydroxyl groups is 3. The molecule has 2 heterocycles. The van der Waals surface area contributed by atoms with Gasteiger partial charge in [0.1, 0.15) is 18.3 Å². The lowest BCUT2D eigenvalue weighted by molar-refractivity contribution is -0.0216. The molecule has 0 bridgehead atoms. The van der Waals surface area contributed by atoms with Crippen LogP contribution in [-0.2, 0) is 11.2 Å². The van der Waals surface area contributed by atoms with Gasteiger partial charge in [-0.25, -0.2) is 4.79 Å². The predicted octanol–water partition coefficient (Wildman–Crippen LogP) is -2.91. The second-order valence-corrected chi connectivity index (χ2v) is 4.18. The van der Waals surface area contributed by atoms with Gasteiger partial charge in [-0.05, 0) is 0 Å². The number of H-pyrrole nitrogens is 2. The summed E-state index contributed by atoms with van der Waals surface area (Å²) in [6.45, 7) is -0.420. The molecule has 1 aromatic heterocycles. The summed E-state index contributed by atoms with van der Waals surface area (Å²) in [5, 5.41) is 28.2. The van der Waals surface area contributed by atoms with Crippen molar-refractivity contribution in [2.24, 2.45) is 0 Å². The van der Waals surface area contributed by atoms with E-state index in [0.29, 0.717) is 0 Å². The number of aromatic amines is 2. The lowest BCUT2D eigenvalue weighted by Crippen LogP contribution is -2.35. The average molecular weight is 258 g/mol. The highest BCUT2D eigenvalue weighted by atomic mass is 16.6. The number of ether oxygens (including phenoxy) is 1. The van der Waals surface area contributed by atoms with Gasteiger partial charge in [0.2, 0.25) is 0 Å². The van der Waals surface area contributed by atoms with Gasteiger partial charge in [0.15, 0.2) is 0 Å². The van der Waals surface area contributed by atoms with E-state index in [4.69, 9.17) is 9.84 Å². The van der Waals surface area contributed by atoms with Gasteiger partial charge >= 0.3 is 5.69 Å². The van der Waals surface area contributed by atoms with Gasteiger partial charge in [0, 0.05) is 18.2 Å². The van der Waals surface area contributed by atoms with Crippen LogP contribution < -0.4 is 11.2 Å². The van der Waals surface area contributed by atoms with Gasteiger partial charge in [0.25, 0.3) is 5.56 Å². The minimum atomic E-state index is -1.19. The summed E-state index contributed by atoms with van der Waals surface area (Å²) >= 11 is 0. The van der Waals surface area contributed by atoms with E-state index >= 15 is 0 Å². The van der Waals surface area contributed by atoms with E-state index in [1.54, 1.807) is 0 Å². The molecule has 0 aliphatic carbocycles. The van der Waals surface area contributed by atoms with Crippen LogP contribution >= 0.6 is 0 Å². The van der Waals surface area contributed by atoms with Crippen LogP contribution in [0.25, 0.3) is 0 Å². The molecular formula is C10H14N2O6. The Hall–Kier alpha value is -1.48. The summed E-state index contributed by atoms with van der Waals surface area (Å²) in [4.78, 5) is 26.6. The minimum Gasteiger partial charge on any atom is -0.394 e. The van der Waals surface area contributed by atoms with Crippen molar-refractivity contribution in [1.82, 2.24) is 9.97 Å². The third kappa shape index (κ3) is 2.36. The van der Waals surface area contributed by atoms with E-state index in [1.807, 2.05) is 4.98 Å². The van der Waals surface area contributed by atoms with Gasteiger partial charge in [-0.15, -0.1) is 0 Å². The Morgan fingerprint density at radius 1 is 1.22 bits per heavy atom. The van der Waals surface area contributed by atoms with Crippen LogP contribution in [0.1, 0.15) is 5.56 Å². The molecule has 2 rings (SSSR count). The molecule has 5 N–H and O–H groups in total. The Morgan fingerprint density at radius 3 is 2.44 bits per heavy atom. The van der Waals surface area contributed by atoms with Crippen molar-refractivity contribution >= 4 is 0 Å². The zero-order valence-corrected chi connectivity index (χ0v) is 9.37. The van der Waals surface area contributed by atoms with E-state index in [0.717, 1.165) is 0 Å². The Balaban J connectivity index is 2.15. The van der Waals surface area contributed by atoms with Crippen LogP contribution in [0.5, 0.6) is 0 Å². The molecule has 1 aliphatic rings. The fourth-order valence-electron chi connectivity index (χ4n) is 1.95. The van der Waals surface area contributed by atoms with Gasteiger partial charge in [-0.3, -0.25) is 9.78 Å². The lowest BCUT2D eigenvalue weighted by Gasteiger charge is -2.13. The average Bonchev–Trinajstić information content (AvgIpc) is 2.60. The minimum absolute atomic E-state index is 0.0286. The number of hydrogen-bond acceptors (Lipinski definition) is 6. The molecule has 8 heteroatoms. The molecule has 1 aromatic rings. The summed E-state index contributed by atoms with van der Waals surface area (Å²) < 4.78 is 5.23. The molecule has 18 heavy (non-hydrogen) atoms. The molecule has 0 saturated carbocycles. The van der Waals surface area contributed by atoms with E-state index in [-0.39, 0.29) is 12.0 Å². The molecule has 0 amide bonds. The monoisotopic (exact) mass is 258 g/mol. The third-order valence-corrected chi connectivity index (χ3v) is 2.96. The molecule has 1 fully saturated rings. The van der Waals surface area contributed by atoms with Crippen molar-refractivity contribution < 1.29 is 20.1 Å². The standard InChI is InChI=1S/C10H14N2O6/c13-3-6-8(15)7(14)5(18-6)1-4-2-11-10(17)12-9(4)16/h2,5-8,13-15H,1,3H2,(H2,11,12,16,17)/t5-,6+,7+,8+/m0/s1. The van der Waals surface area contributed by atoms with Crippen molar-refractivity contribution in [1.29, 1.82) is 0 Å². The first-order chi connectivity index (χ1) is 8.52. The summed E-state index contributed by atoms with van der Waals surface area (Å²) in [6.07, 6.45) is -2.79. The van der Waals surface area contributed by atoms with Crippen molar-refractivity contribution in [3.8, 4) is 0 Å². The maximum absolute atomic E-state index is 11.4. The number of rotatable bonds is 3. The normalized spacial score (nSPS) is 31.7. The summed E-state index contributed by atoms with van der Waals surface area (Å²) in [6, 6.07) is 0. The quantitative estimate of drug-likeness (QED) is 0.394. The molecule has 0 unspecified atom stereocenters. The van der Waals surface area contributed by atoms with Gasteiger partial charge in [0.05, 0.1) is 12.7 Å². The molecule has 8 nitrogen and oxygen atoms in total. The molecule has 4 atom stereocenters. The first-order valence-corrected chi connectivity index (χ1v) is 5.46. The number of hydrogen-bond donors (Lipinski definition) is 5. The Morgan fingerprint density at radius 2 is 1.89 bits per heavy atom. The topological polar surface area (TPSA) is 136 Å². The highest BCUT2D eigenvalue weighted by Gasteiger charge is 2.42. The Bertz CT molecular complexity index is 524. The van der Waals surface area contributed by atoms with E-state index < -0.39 is 42.3 Å². The smallest absolute Gasteiger partial charge is 0.325 e. The highest BCUT2D eigenvalue weighted by Crippen LogP contribution is 2.22. The molecule has 100 valence electrons. The SMILES string of the molecule is O=c1[nH]cc(C[C@@H]2O[C@H](CO)[C@@H](O)[C@@H]2O)c(=O)[nH]1. The number of aliphatic hydroxyl groups excluding tert-OH is 3. The molecule has 0 aromatic carbocycles. The van der Waals surface area contributed by atoms with Gasteiger partial charge in [-0.1, -0.05) is 0 Å². The maximum atomic E-state index is 11.4. The second kappa shape index (κ2) is 5.02. The number of nitrogens with one attached hydrogen (secondary N) is 2. The van der Waals surface area contributed by atoms with Crippen LogP contribution in [0.4, 0.5) is 0 Å². The molecule has 0 radical (unpaired) electrons. The number of aromatic nitrogens is 2. The zero-order chi connectivity index (χ0) is 13.3. The molecule has 1 aliphatic heterocycles. The van der Waals surface area contributed by atoms with Crippen molar-refractivity contribution in [3.63, 3.8) is 0 Å². The van der Waals surface area contributed by atoms with Crippen molar-refractivity contribution in [3.05, 3.63) is 32.6 Å². The largest absolute Gasteiger partial charge is 0.394 e. The van der Waals surface area contributed by atoms with Crippen LogP contribution in [-0.4, -0.2) is 56.3 Å². The van der Waals surface area contributed by atoms with E-state index in [1.165, 1.54) is 6.20 Å². The first-order valence-electron chi connectivity index (χ1n) is 5.46. The molecule has 1 saturated heterocycles. The van der Waals surface area contributed by atoms with Crippen LogP contribution in [0.3, 0.4) is 0 Å². The first kappa shape index (κ1) is 13.0. The second-order valence-electron chi connectivity index (χ2n) is 4.18. The van der Waals surface area contributed by atoms with Gasteiger partial charge in [-0.2, -0.15) is 0 Å². The van der Waals surface area contributed by atoms with Crippen LogP contribution in [0.15, 0.2) is 15.8 Å². The molecule has 0 spiro atoms. The predicted molar refractivity (Wildman–Crippen MR) is 59.1 cm³/mol. The highest BCUT2D eigenvalue weighted by molar-refractivity contribution is 5.07. The van der Waals surface area contributed by atoms with E-state index in [2.05, 4.69) is 4.98 Å². The fourth-order valence-corrected chi connectivity index (χ4v) is 1.95. The Labute approximate surface area is 101 Å². The van der Waals surface area contributed by atoms with Crippen molar-refractivity contribution in [2.45, 2.75) is 30.8 Å². The van der Waals surface area contributed by atoms with E-state index in [9.17, 15) is 19.8 Å². The third-order valence-electron chi connectivity index (χ3n) is 2.96. The summed E-state index contributed by atoms with van der Waals surface area (Å²) in [5.41, 5.74) is -0.967.